The predicted molar refractivity (Wildman–Crippen MR) is 95.5 cm³/mol. The lowest BCUT2D eigenvalue weighted by Crippen LogP contribution is -2.31. The molecule has 0 radical (unpaired) electrons. The molecule has 0 aromatic carbocycles. The number of carbonyl (C=O) groups excluding carboxylic acids is 1. The number of amides is 1. The molecular weight excluding hydrogens is 346 g/mol. The third kappa shape index (κ3) is 21.2. The molecule has 0 saturated heterocycles. The van der Waals surface area contributed by atoms with E-state index in [9.17, 15) is 4.79 Å². The molecule has 0 aliphatic heterocycles. The summed E-state index contributed by atoms with van der Waals surface area (Å²) in [6.07, 6.45) is 0. The number of nitrogens with one attached hydrogen (secondary N) is 1. The number of ether oxygens (including phenoxy) is 7. The van der Waals surface area contributed by atoms with Gasteiger partial charge in [0.05, 0.1) is 72.7 Å². The number of rotatable bonds is 21. The molecule has 0 unspecified atom stereocenters. The van der Waals surface area contributed by atoms with E-state index < -0.39 is 0 Å². The summed E-state index contributed by atoms with van der Waals surface area (Å²) in [7, 11) is 1.63. The van der Waals surface area contributed by atoms with Gasteiger partial charge in [-0.15, -0.1) is 0 Å². The number of hydrogen-bond donors (Lipinski definition) is 1. The van der Waals surface area contributed by atoms with Crippen molar-refractivity contribution in [2.24, 2.45) is 0 Å². The monoisotopic (exact) mass is 381 g/mol. The number of carbonyl (C=O) groups is 1. The molecule has 1 amide bonds. The summed E-state index contributed by atoms with van der Waals surface area (Å²) in [4.78, 5) is 11.5. The Morgan fingerprint density at radius 3 is 1.65 bits per heavy atom. The molecule has 0 aromatic rings. The third-order valence-corrected chi connectivity index (χ3v) is 2.93. The van der Waals surface area contributed by atoms with Gasteiger partial charge in [-0.3, -0.25) is 4.79 Å². The molecule has 0 saturated carbocycles. The van der Waals surface area contributed by atoms with E-state index in [4.69, 9.17) is 33.2 Å². The maximum atomic E-state index is 11.5. The predicted octanol–water partition coefficient (Wildman–Crippen LogP) is -0.131. The largest absolute Gasteiger partial charge is 0.382 e. The van der Waals surface area contributed by atoms with Crippen molar-refractivity contribution in [3.8, 4) is 0 Å². The van der Waals surface area contributed by atoms with Gasteiger partial charge in [-0.05, 0) is 6.92 Å². The first kappa shape index (κ1) is 25.2. The lowest BCUT2D eigenvalue weighted by molar-refractivity contribution is -0.126. The first-order valence-electron chi connectivity index (χ1n) is 9.03. The van der Waals surface area contributed by atoms with Crippen molar-refractivity contribution in [2.75, 3.05) is 99.5 Å². The van der Waals surface area contributed by atoms with Crippen LogP contribution in [0.15, 0.2) is 0 Å². The molecule has 0 heterocycles. The van der Waals surface area contributed by atoms with Crippen molar-refractivity contribution >= 4 is 5.91 Å². The van der Waals surface area contributed by atoms with Crippen molar-refractivity contribution in [3.63, 3.8) is 0 Å². The van der Waals surface area contributed by atoms with Gasteiger partial charge in [0.25, 0.3) is 0 Å². The van der Waals surface area contributed by atoms with Crippen LogP contribution in [0.2, 0.25) is 0 Å². The molecule has 0 spiro atoms. The zero-order valence-corrected chi connectivity index (χ0v) is 16.2. The summed E-state index contributed by atoms with van der Waals surface area (Å²) in [5, 5.41) is 2.71. The fourth-order valence-electron chi connectivity index (χ4n) is 1.64. The molecule has 0 fully saturated rings. The second kappa shape index (κ2) is 22.2. The fraction of sp³-hybridized carbons (Fsp3) is 0.941. The molecule has 0 atom stereocenters. The Hall–Kier alpha value is -0.810. The Balaban J connectivity index is 3.12. The lowest BCUT2D eigenvalue weighted by atomic mass is 10.6. The van der Waals surface area contributed by atoms with Crippen molar-refractivity contribution in [1.29, 1.82) is 0 Å². The first-order valence-corrected chi connectivity index (χ1v) is 9.03. The molecule has 9 nitrogen and oxygen atoms in total. The highest BCUT2D eigenvalue weighted by Crippen LogP contribution is 1.84. The van der Waals surface area contributed by atoms with Gasteiger partial charge in [0, 0.05) is 20.3 Å². The highest BCUT2D eigenvalue weighted by molar-refractivity contribution is 5.77. The highest BCUT2D eigenvalue weighted by Gasteiger charge is 2.00. The minimum absolute atomic E-state index is 0.0115. The summed E-state index contributed by atoms with van der Waals surface area (Å²) in [6, 6.07) is 0. The maximum Gasteiger partial charge on any atom is 0.246 e. The molecule has 0 aliphatic carbocycles. The van der Waals surface area contributed by atoms with E-state index >= 15 is 0 Å². The van der Waals surface area contributed by atoms with Gasteiger partial charge in [0.2, 0.25) is 5.91 Å². The van der Waals surface area contributed by atoms with Gasteiger partial charge in [-0.2, -0.15) is 0 Å². The van der Waals surface area contributed by atoms with Gasteiger partial charge in [-0.25, -0.2) is 0 Å². The van der Waals surface area contributed by atoms with Crippen LogP contribution in [0.1, 0.15) is 6.92 Å². The SMILES string of the molecule is CCOCCOCCNC(=O)COCCOCCOCCOCCOC. The Bertz CT molecular complexity index is 294. The second-order valence-corrected chi connectivity index (χ2v) is 5.04. The van der Waals surface area contributed by atoms with Crippen LogP contribution >= 0.6 is 0 Å². The van der Waals surface area contributed by atoms with Crippen LogP contribution in [0, 0.1) is 0 Å². The zero-order chi connectivity index (χ0) is 19.1. The van der Waals surface area contributed by atoms with Crippen LogP contribution in [0.4, 0.5) is 0 Å². The Labute approximate surface area is 156 Å². The molecule has 0 aromatic heterocycles. The summed E-state index contributed by atoms with van der Waals surface area (Å²) in [5.74, 6) is -0.171. The molecule has 0 rings (SSSR count). The van der Waals surface area contributed by atoms with E-state index in [0.29, 0.717) is 85.8 Å². The summed E-state index contributed by atoms with van der Waals surface area (Å²) >= 11 is 0. The average Bonchev–Trinajstić information content (AvgIpc) is 2.64. The summed E-state index contributed by atoms with van der Waals surface area (Å²) in [6.45, 7) is 8.62. The quantitative estimate of drug-likeness (QED) is 0.275. The average molecular weight is 381 g/mol. The van der Waals surface area contributed by atoms with E-state index in [-0.39, 0.29) is 12.5 Å². The van der Waals surface area contributed by atoms with Gasteiger partial charge in [-0.1, -0.05) is 0 Å². The van der Waals surface area contributed by atoms with Crippen LogP contribution in [0.25, 0.3) is 0 Å². The zero-order valence-electron chi connectivity index (χ0n) is 16.2. The van der Waals surface area contributed by atoms with E-state index in [0.717, 1.165) is 0 Å². The minimum atomic E-state index is -0.171. The Morgan fingerprint density at radius 1 is 0.654 bits per heavy atom. The van der Waals surface area contributed by atoms with E-state index in [1.807, 2.05) is 6.92 Å². The third-order valence-electron chi connectivity index (χ3n) is 2.93. The van der Waals surface area contributed by atoms with Gasteiger partial charge in [0.15, 0.2) is 0 Å². The molecule has 0 aliphatic rings. The van der Waals surface area contributed by atoms with Crippen LogP contribution in [-0.4, -0.2) is 105 Å². The molecule has 156 valence electrons. The normalized spacial score (nSPS) is 11.0. The van der Waals surface area contributed by atoms with Gasteiger partial charge >= 0.3 is 0 Å². The molecule has 1 N–H and O–H groups in total. The summed E-state index contributed by atoms with van der Waals surface area (Å²) < 4.78 is 36.4. The van der Waals surface area contributed by atoms with Crippen LogP contribution < -0.4 is 5.32 Å². The molecule has 9 heteroatoms. The van der Waals surface area contributed by atoms with Crippen LogP contribution in [-0.2, 0) is 38.0 Å². The fourth-order valence-corrected chi connectivity index (χ4v) is 1.64. The van der Waals surface area contributed by atoms with E-state index in [1.54, 1.807) is 7.11 Å². The maximum absolute atomic E-state index is 11.5. The minimum Gasteiger partial charge on any atom is -0.382 e. The van der Waals surface area contributed by atoms with Crippen molar-refractivity contribution in [2.45, 2.75) is 6.92 Å². The molecule has 0 bridgehead atoms. The molecule has 26 heavy (non-hydrogen) atoms. The smallest absolute Gasteiger partial charge is 0.246 e. The van der Waals surface area contributed by atoms with Crippen LogP contribution in [0.3, 0.4) is 0 Å². The summed E-state index contributed by atoms with van der Waals surface area (Å²) in [5.41, 5.74) is 0. The molecular formula is C17H35NO8. The number of hydrogen-bond acceptors (Lipinski definition) is 8. The van der Waals surface area contributed by atoms with E-state index in [2.05, 4.69) is 5.32 Å². The van der Waals surface area contributed by atoms with Crippen LogP contribution in [0.5, 0.6) is 0 Å². The Kier molecular flexibility index (Phi) is 21.5. The van der Waals surface area contributed by atoms with Gasteiger partial charge < -0.3 is 38.5 Å². The van der Waals surface area contributed by atoms with Crippen molar-refractivity contribution in [1.82, 2.24) is 5.32 Å². The standard InChI is InChI=1S/C17H35NO8/c1-3-21-8-9-22-5-4-18-17(19)16-26-15-14-25-13-12-24-11-10-23-7-6-20-2/h3-16H2,1-2H3,(H,18,19). The van der Waals surface area contributed by atoms with Crippen molar-refractivity contribution in [3.05, 3.63) is 0 Å². The first-order chi connectivity index (χ1) is 12.8. The highest BCUT2D eigenvalue weighted by atomic mass is 16.6. The van der Waals surface area contributed by atoms with Crippen molar-refractivity contribution < 1.29 is 38.0 Å². The number of methoxy groups -OCH3 is 1. The van der Waals surface area contributed by atoms with Gasteiger partial charge in [0.1, 0.15) is 6.61 Å². The van der Waals surface area contributed by atoms with E-state index in [1.165, 1.54) is 0 Å². The Morgan fingerprint density at radius 2 is 1.12 bits per heavy atom. The lowest BCUT2D eigenvalue weighted by Gasteiger charge is -2.08. The topological polar surface area (TPSA) is 93.7 Å². The second-order valence-electron chi connectivity index (χ2n) is 5.04.